The van der Waals surface area contributed by atoms with Crippen molar-refractivity contribution in [1.29, 1.82) is 0 Å². The molecule has 0 aliphatic heterocycles. The third-order valence-corrected chi connectivity index (χ3v) is 5.30. The Morgan fingerprint density at radius 1 is 1.12 bits per heavy atom. The second kappa shape index (κ2) is 8.87. The molecule has 4 N–H and O–H groups in total. The van der Waals surface area contributed by atoms with Crippen molar-refractivity contribution >= 4 is 45.1 Å². The van der Waals surface area contributed by atoms with Crippen molar-refractivity contribution in [3.8, 4) is 5.69 Å². The smallest absolute Gasteiger partial charge is 0.408 e. The Kier molecular flexibility index (Phi) is 5.97. The fourth-order valence-electron chi connectivity index (χ4n) is 3.01. The molecule has 33 heavy (non-hydrogen) atoms. The molecule has 2 aromatic carbocycles. The average molecular weight is 466 g/mol. The van der Waals surface area contributed by atoms with Gasteiger partial charge in [0.05, 0.1) is 17.7 Å². The highest BCUT2D eigenvalue weighted by Crippen LogP contribution is 2.23. The van der Waals surface area contributed by atoms with Crippen LogP contribution < -0.4 is 16.4 Å². The van der Waals surface area contributed by atoms with Crippen LogP contribution in [0.1, 0.15) is 36.3 Å². The van der Waals surface area contributed by atoms with Gasteiger partial charge in [-0.1, -0.05) is 28.7 Å². The van der Waals surface area contributed by atoms with E-state index in [9.17, 15) is 9.59 Å². The minimum atomic E-state index is -0.604. The average Bonchev–Trinajstić information content (AvgIpc) is 3.35. The van der Waals surface area contributed by atoms with Crippen LogP contribution in [0.15, 0.2) is 48.5 Å². The predicted octanol–water partition coefficient (Wildman–Crippen LogP) is 3.74. The standard InChI is InChI=1S/C22H23N7O3S/c1-22(2,3)32-21(31)24-12-17-26-18(19(23)33-17)20(30)25-13-8-10-14(11-9-13)29-16-7-5-4-6-15(16)27-28-29/h4-11H,12,23H2,1-3H3,(H,24,31)(H,25,30). The maximum atomic E-state index is 12.7. The molecule has 0 aliphatic rings. The zero-order chi connectivity index (χ0) is 23.6. The number of anilines is 2. The van der Waals surface area contributed by atoms with E-state index in [-0.39, 0.29) is 17.2 Å². The number of benzene rings is 2. The number of nitrogens with zero attached hydrogens (tertiary/aromatic N) is 4. The van der Waals surface area contributed by atoms with Gasteiger partial charge < -0.3 is 21.1 Å². The Morgan fingerprint density at radius 3 is 2.58 bits per heavy atom. The van der Waals surface area contributed by atoms with Crippen LogP contribution in [-0.2, 0) is 11.3 Å². The lowest BCUT2D eigenvalue weighted by molar-refractivity contribution is 0.0523. The summed E-state index contributed by atoms with van der Waals surface area (Å²) in [6.07, 6.45) is -0.567. The number of nitrogen functional groups attached to an aromatic ring is 1. The molecule has 0 aliphatic carbocycles. The summed E-state index contributed by atoms with van der Waals surface area (Å²) in [6, 6.07) is 14.8. The van der Waals surface area contributed by atoms with Crippen molar-refractivity contribution in [3.05, 3.63) is 59.2 Å². The molecule has 2 aromatic heterocycles. The maximum Gasteiger partial charge on any atom is 0.408 e. The van der Waals surface area contributed by atoms with E-state index < -0.39 is 17.6 Å². The molecule has 2 heterocycles. The predicted molar refractivity (Wildman–Crippen MR) is 126 cm³/mol. The number of para-hydroxylation sites is 1. The second-order valence-corrected chi connectivity index (χ2v) is 9.28. The molecule has 0 bridgehead atoms. The van der Waals surface area contributed by atoms with Crippen LogP contribution in [0.25, 0.3) is 16.7 Å². The van der Waals surface area contributed by atoms with Gasteiger partial charge in [0.2, 0.25) is 0 Å². The van der Waals surface area contributed by atoms with Gasteiger partial charge in [-0.2, -0.15) is 0 Å². The van der Waals surface area contributed by atoms with Crippen LogP contribution in [0.3, 0.4) is 0 Å². The maximum absolute atomic E-state index is 12.7. The molecular formula is C22H23N7O3S. The first-order valence-corrected chi connectivity index (χ1v) is 11.0. The minimum Gasteiger partial charge on any atom is -0.444 e. The number of carbonyl (C=O) groups excluding carboxylic acids is 2. The van der Waals surface area contributed by atoms with Gasteiger partial charge in [0.1, 0.15) is 21.1 Å². The number of hydrogen-bond donors (Lipinski definition) is 3. The summed E-state index contributed by atoms with van der Waals surface area (Å²) in [5.74, 6) is -0.439. The lowest BCUT2D eigenvalue weighted by Gasteiger charge is -2.19. The van der Waals surface area contributed by atoms with Crippen molar-refractivity contribution in [3.63, 3.8) is 0 Å². The highest BCUT2D eigenvalue weighted by molar-refractivity contribution is 7.15. The summed E-state index contributed by atoms with van der Waals surface area (Å²) in [5, 5.41) is 14.5. The Labute approximate surface area is 193 Å². The Hall–Kier alpha value is -3.99. The number of fused-ring (bicyclic) bond motifs is 1. The van der Waals surface area contributed by atoms with Gasteiger partial charge >= 0.3 is 6.09 Å². The Morgan fingerprint density at radius 2 is 1.85 bits per heavy atom. The third-order valence-electron chi connectivity index (χ3n) is 4.42. The summed E-state index contributed by atoms with van der Waals surface area (Å²) in [6.45, 7) is 5.43. The van der Waals surface area contributed by atoms with Crippen molar-refractivity contribution < 1.29 is 14.3 Å². The largest absolute Gasteiger partial charge is 0.444 e. The molecule has 0 atom stereocenters. The molecule has 0 unspecified atom stereocenters. The molecule has 0 saturated carbocycles. The fraction of sp³-hybridized carbons (Fsp3) is 0.227. The van der Waals surface area contributed by atoms with Gasteiger partial charge in [0.25, 0.3) is 5.91 Å². The van der Waals surface area contributed by atoms with E-state index in [4.69, 9.17) is 10.5 Å². The molecule has 4 aromatic rings. The molecular weight excluding hydrogens is 442 g/mol. The number of nitrogens with one attached hydrogen (secondary N) is 2. The number of alkyl carbamates (subject to hydrolysis) is 1. The number of nitrogens with two attached hydrogens (primary N) is 1. The van der Waals surface area contributed by atoms with E-state index in [1.807, 2.05) is 36.4 Å². The number of rotatable bonds is 5. The van der Waals surface area contributed by atoms with Crippen LogP contribution in [0, 0.1) is 0 Å². The number of carbonyl (C=O) groups is 2. The van der Waals surface area contributed by atoms with Crippen molar-refractivity contribution in [2.24, 2.45) is 0 Å². The third kappa shape index (κ3) is 5.26. The first-order chi connectivity index (χ1) is 15.7. The van der Waals surface area contributed by atoms with Crippen molar-refractivity contribution in [1.82, 2.24) is 25.3 Å². The van der Waals surface area contributed by atoms with Gasteiger partial charge in [0, 0.05) is 5.69 Å². The number of amides is 2. The first-order valence-electron chi connectivity index (χ1n) is 10.1. The Balaban J connectivity index is 1.41. The van der Waals surface area contributed by atoms with Crippen LogP contribution in [0.5, 0.6) is 0 Å². The first kappa shape index (κ1) is 22.2. The number of thiazole rings is 1. The van der Waals surface area contributed by atoms with E-state index in [2.05, 4.69) is 25.9 Å². The molecule has 2 amide bonds. The molecule has 4 rings (SSSR count). The van der Waals surface area contributed by atoms with Crippen molar-refractivity contribution in [2.45, 2.75) is 32.9 Å². The van der Waals surface area contributed by atoms with E-state index in [1.165, 1.54) is 0 Å². The summed E-state index contributed by atoms with van der Waals surface area (Å²) < 4.78 is 6.91. The van der Waals surface area contributed by atoms with Gasteiger partial charge in [0.15, 0.2) is 5.69 Å². The van der Waals surface area contributed by atoms with E-state index in [0.29, 0.717) is 10.7 Å². The monoisotopic (exact) mass is 465 g/mol. The number of aromatic nitrogens is 4. The van der Waals surface area contributed by atoms with Crippen LogP contribution in [-0.4, -0.2) is 37.6 Å². The second-order valence-electron chi connectivity index (χ2n) is 8.17. The summed E-state index contributed by atoms with van der Waals surface area (Å²) >= 11 is 1.13. The van der Waals surface area contributed by atoms with Gasteiger partial charge in [-0.3, -0.25) is 4.79 Å². The summed E-state index contributed by atoms with van der Waals surface area (Å²) in [4.78, 5) is 28.7. The van der Waals surface area contributed by atoms with Crippen LogP contribution in [0.4, 0.5) is 15.5 Å². The fourth-order valence-corrected chi connectivity index (χ4v) is 3.78. The molecule has 0 saturated heterocycles. The molecule has 10 nitrogen and oxygen atoms in total. The zero-order valence-electron chi connectivity index (χ0n) is 18.3. The van der Waals surface area contributed by atoms with Gasteiger partial charge in [-0.15, -0.1) is 5.10 Å². The highest BCUT2D eigenvalue weighted by atomic mass is 32.1. The number of ether oxygens (including phenoxy) is 1. The minimum absolute atomic E-state index is 0.104. The molecule has 170 valence electrons. The van der Waals surface area contributed by atoms with E-state index in [0.717, 1.165) is 28.1 Å². The zero-order valence-corrected chi connectivity index (χ0v) is 19.1. The van der Waals surface area contributed by atoms with E-state index >= 15 is 0 Å². The molecule has 0 fully saturated rings. The number of hydrogen-bond acceptors (Lipinski definition) is 8. The quantitative estimate of drug-likeness (QED) is 0.408. The lowest BCUT2D eigenvalue weighted by atomic mass is 10.2. The molecule has 11 heteroatoms. The van der Waals surface area contributed by atoms with Crippen LogP contribution >= 0.6 is 11.3 Å². The highest BCUT2D eigenvalue weighted by Gasteiger charge is 2.19. The lowest BCUT2D eigenvalue weighted by Crippen LogP contribution is -2.32. The van der Waals surface area contributed by atoms with Crippen LogP contribution in [0.2, 0.25) is 0 Å². The summed E-state index contributed by atoms with van der Waals surface area (Å²) in [7, 11) is 0. The topological polar surface area (TPSA) is 137 Å². The normalized spacial score (nSPS) is 11.4. The van der Waals surface area contributed by atoms with Gasteiger partial charge in [-0.05, 0) is 57.2 Å². The SMILES string of the molecule is CC(C)(C)OC(=O)NCc1nc(C(=O)Nc2ccc(-n3nnc4ccccc43)cc2)c(N)s1. The van der Waals surface area contributed by atoms with E-state index in [1.54, 1.807) is 37.6 Å². The van der Waals surface area contributed by atoms with Gasteiger partial charge in [-0.25, -0.2) is 14.5 Å². The summed E-state index contributed by atoms with van der Waals surface area (Å²) in [5.41, 5.74) is 8.55. The Bertz CT molecular complexity index is 1310. The molecule has 0 radical (unpaired) electrons. The molecule has 0 spiro atoms. The van der Waals surface area contributed by atoms with Crippen molar-refractivity contribution in [2.75, 3.05) is 11.1 Å².